The number of aromatic nitrogens is 2. The van der Waals surface area contributed by atoms with E-state index in [1.807, 2.05) is 48.5 Å². The molecule has 0 aliphatic carbocycles. The van der Waals surface area contributed by atoms with Gasteiger partial charge in [-0.25, -0.2) is 9.97 Å². The van der Waals surface area contributed by atoms with Crippen molar-refractivity contribution in [1.82, 2.24) is 9.97 Å². The highest BCUT2D eigenvalue weighted by Crippen LogP contribution is 2.32. The second kappa shape index (κ2) is 5.56. The fourth-order valence-electron chi connectivity index (χ4n) is 2.47. The van der Waals surface area contributed by atoms with E-state index < -0.39 is 0 Å². The number of hydrogen-bond acceptors (Lipinski definition) is 3. The van der Waals surface area contributed by atoms with Crippen LogP contribution in [-0.2, 0) is 0 Å². The van der Waals surface area contributed by atoms with Gasteiger partial charge in [0.1, 0.15) is 6.33 Å². The molecule has 0 amide bonds. The van der Waals surface area contributed by atoms with Gasteiger partial charge < -0.3 is 0 Å². The summed E-state index contributed by atoms with van der Waals surface area (Å²) in [6.07, 6.45) is 3.28. The van der Waals surface area contributed by atoms with Crippen LogP contribution in [0.2, 0.25) is 0 Å². The van der Waals surface area contributed by atoms with Crippen molar-refractivity contribution in [2.75, 3.05) is 0 Å². The van der Waals surface area contributed by atoms with Crippen LogP contribution in [0.25, 0.3) is 22.4 Å². The average Bonchev–Trinajstić information content (AvgIpc) is 2.56. The smallest absolute Gasteiger partial charge is 0.116 e. The van der Waals surface area contributed by atoms with Gasteiger partial charge in [0.25, 0.3) is 0 Å². The normalized spacial score (nSPS) is 10.1. The van der Waals surface area contributed by atoms with Crippen molar-refractivity contribution >= 4 is 0 Å². The van der Waals surface area contributed by atoms with Gasteiger partial charge >= 0.3 is 0 Å². The summed E-state index contributed by atoms with van der Waals surface area (Å²) in [6, 6.07) is 17.9. The van der Waals surface area contributed by atoms with Crippen LogP contribution >= 0.6 is 0 Å². The molecule has 3 nitrogen and oxygen atoms in total. The molecule has 0 radical (unpaired) electrons. The van der Waals surface area contributed by atoms with E-state index in [4.69, 9.17) is 0 Å². The highest BCUT2D eigenvalue weighted by molar-refractivity contribution is 5.79. The van der Waals surface area contributed by atoms with Crippen molar-refractivity contribution in [3.8, 4) is 28.5 Å². The van der Waals surface area contributed by atoms with Gasteiger partial charge in [0.05, 0.1) is 17.3 Å². The first-order chi connectivity index (χ1) is 10.3. The molecule has 0 aliphatic heterocycles. The highest BCUT2D eigenvalue weighted by Gasteiger charge is 2.11. The van der Waals surface area contributed by atoms with Gasteiger partial charge in [-0.15, -0.1) is 0 Å². The Morgan fingerprint density at radius 1 is 0.905 bits per heavy atom. The second-order valence-electron chi connectivity index (χ2n) is 4.73. The van der Waals surface area contributed by atoms with Crippen molar-refractivity contribution in [3.63, 3.8) is 0 Å². The molecule has 0 spiro atoms. The minimum atomic E-state index is 0.681. The van der Waals surface area contributed by atoms with Crippen LogP contribution in [0.3, 0.4) is 0 Å². The van der Waals surface area contributed by atoms with Gasteiger partial charge in [-0.05, 0) is 35.7 Å². The molecular formula is C18H13N3. The van der Waals surface area contributed by atoms with E-state index in [0.717, 1.165) is 27.9 Å². The molecule has 0 N–H and O–H groups in total. The Morgan fingerprint density at radius 2 is 1.67 bits per heavy atom. The molecule has 100 valence electrons. The summed E-state index contributed by atoms with van der Waals surface area (Å²) in [7, 11) is 0. The number of nitrogens with zero attached hydrogens (tertiary/aromatic N) is 3. The van der Waals surface area contributed by atoms with Crippen molar-refractivity contribution in [2.24, 2.45) is 0 Å². The van der Waals surface area contributed by atoms with Gasteiger partial charge in [-0.1, -0.05) is 36.4 Å². The molecule has 1 aromatic heterocycles. The zero-order chi connectivity index (χ0) is 14.7. The molecule has 0 bridgehead atoms. The summed E-state index contributed by atoms with van der Waals surface area (Å²) in [4.78, 5) is 8.27. The molecular weight excluding hydrogens is 258 g/mol. The summed E-state index contributed by atoms with van der Waals surface area (Å²) in [5.74, 6) is 0. The van der Waals surface area contributed by atoms with Gasteiger partial charge in [0.2, 0.25) is 0 Å². The molecule has 0 saturated carbocycles. The minimum Gasteiger partial charge on any atom is -0.245 e. The minimum absolute atomic E-state index is 0.681. The topological polar surface area (TPSA) is 49.6 Å². The van der Waals surface area contributed by atoms with E-state index in [0.29, 0.717) is 5.56 Å². The van der Waals surface area contributed by atoms with E-state index in [1.54, 1.807) is 12.5 Å². The Hall–Kier alpha value is -2.99. The maximum atomic E-state index is 9.29. The number of nitriles is 1. The van der Waals surface area contributed by atoms with Crippen molar-refractivity contribution in [2.45, 2.75) is 6.92 Å². The standard InChI is InChI=1S/C18H13N3/c1-13-15(17-6-3-2-5-14(17)11-19)7-4-8-16(13)18-9-10-20-12-21-18/h2-10,12H,1H3. The summed E-state index contributed by atoms with van der Waals surface area (Å²) in [5, 5.41) is 9.29. The van der Waals surface area contributed by atoms with Crippen molar-refractivity contribution < 1.29 is 0 Å². The van der Waals surface area contributed by atoms with Gasteiger partial charge in [0.15, 0.2) is 0 Å². The maximum Gasteiger partial charge on any atom is 0.116 e. The van der Waals surface area contributed by atoms with Crippen molar-refractivity contribution in [3.05, 3.63) is 72.2 Å². The van der Waals surface area contributed by atoms with Crippen LogP contribution in [0.1, 0.15) is 11.1 Å². The average molecular weight is 271 g/mol. The Morgan fingerprint density at radius 3 is 2.43 bits per heavy atom. The number of hydrogen-bond donors (Lipinski definition) is 0. The fraction of sp³-hybridized carbons (Fsp3) is 0.0556. The monoisotopic (exact) mass is 271 g/mol. The zero-order valence-electron chi connectivity index (χ0n) is 11.6. The molecule has 3 aromatic rings. The van der Waals surface area contributed by atoms with Crippen LogP contribution in [0.4, 0.5) is 0 Å². The van der Waals surface area contributed by atoms with Gasteiger partial charge in [-0.3, -0.25) is 0 Å². The summed E-state index contributed by atoms with van der Waals surface area (Å²) >= 11 is 0. The van der Waals surface area contributed by atoms with Gasteiger partial charge in [-0.2, -0.15) is 5.26 Å². The predicted molar refractivity (Wildman–Crippen MR) is 82.4 cm³/mol. The first kappa shape index (κ1) is 13.0. The molecule has 0 atom stereocenters. The van der Waals surface area contributed by atoms with Crippen molar-refractivity contribution in [1.29, 1.82) is 5.26 Å². The lowest BCUT2D eigenvalue weighted by Crippen LogP contribution is -1.92. The van der Waals surface area contributed by atoms with E-state index in [1.165, 1.54) is 0 Å². The third-order valence-corrected chi connectivity index (χ3v) is 3.53. The van der Waals surface area contributed by atoms with E-state index in [9.17, 15) is 5.26 Å². The van der Waals surface area contributed by atoms with Gasteiger partial charge in [0, 0.05) is 11.8 Å². The predicted octanol–water partition coefficient (Wildman–Crippen LogP) is 3.99. The van der Waals surface area contributed by atoms with E-state index in [2.05, 4.69) is 23.0 Å². The summed E-state index contributed by atoms with van der Waals surface area (Å²) in [5.41, 5.74) is 5.75. The lowest BCUT2D eigenvalue weighted by molar-refractivity contribution is 1.17. The highest BCUT2D eigenvalue weighted by atomic mass is 14.8. The molecule has 0 aliphatic rings. The van der Waals surface area contributed by atoms with Crippen LogP contribution in [0.5, 0.6) is 0 Å². The Kier molecular flexibility index (Phi) is 3.44. The number of benzene rings is 2. The Bertz CT molecular complexity index is 817. The van der Waals surface area contributed by atoms with Crippen LogP contribution in [0.15, 0.2) is 61.1 Å². The molecule has 0 unspecified atom stereocenters. The lowest BCUT2D eigenvalue weighted by Gasteiger charge is -2.12. The second-order valence-corrected chi connectivity index (χ2v) is 4.73. The zero-order valence-corrected chi connectivity index (χ0v) is 11.6. The first-order valence-electron chi connectivity index (χ1n) is 6.67. The summed E-state index contributed by atoms with van der Waals surface area (Å²) in [6.45, 7) is 2.06. The molecule has 0 saturated heterocycles. The molecule has 1 heterocycles. The first-order valence-corrected chi connectivity index (χ1v) is 6.67. The SMILES string of the molecule is Cc1c(-c2ccncn2)cccc1-c1ccccc1C#N. The quantitative estimate of drug-likeness (QED) is 0.708. The van der Waals surface area contributed by atoms with E-state index in [-0.39, 0.29) is 0 Å². The van der Waals surface area contributed by atoms with Crippen LogP contribution < -0.4 is 0 Å². The molecule has 3 heteroatoms. The summed E-state index contributed by atoms with van der Waals surface area (Å²) < 4.78 is 0. The maximum absolute atomic E-state index is 9.29. The largest absolute Gasteiger partial charge is 0.245 e. The Balaban J connectivity index is 2.21. The Labute approximate surface area is 123 Å². The van der Waals surface area contributed by atoms with Crippen LogP contribution in [-0.4, -0.2) is 9.97 Å². The lowest BCUT2D eigenvalue weighted by atomic mass is 9.92. The molecule has 0 fully saturated rings. The molecule has 2 aromatic carbocycles. The fourth-order valence-corrected chi connectivity index (χ4v) is 2.47. The molecule has 3 rings (SSSR count). The third kappa shape index (κ3) is 2.39. The van der Waals surface area contributed by atoms with E-state index >= 15 is 0 Å². The third-order valence-electron chi connectivity index (χ3n) is 3.53. The van der Waals surface area contributed by atoms with Crippen LogP contribution in [0, 0.1) is 18.3 Å². The number of rotatable bonds is 2. The molecule has 21 heavy (non-hydrogen) atoms.